The number of hydrogen-bond donors (Lipinski definition) is 2. The van der Waals surface area contributed by atoms with Crippen LogP contribution in [0.4, 0.5) is 18.9 Å². The molecule has 4 nitrogen and oxygen atoms in total. The molecule has 26 heavy (non-hydrogen) atoms. The number of hydrogen-bond acceptors (Lipinski definition) is 2. The van der Waals surface area contributed by atoms with Gasteiger partial charge in [0, 0.05) is 5.02 Å². The van der Waals surface area contributed by atoms with Crippen molar-refractivity contribution in [1.82, 2.24) is 5.32 Å². The summed E-state index contributed by atoms with van der Waals surface area (Å²) in [6, 6.07) is 5.53. The predicted octanol–water partition coefficient (Wildman–Crippen LogP) is 4.15. The van der Waals surface area contributed by atoms with Crippen molar-refractivity contribution < 1.29 is 22.8 Å². The number of benzene rings is 2. The lowest BCUT2D eigenvalue weighted by molar-refractivity contribution is -0.118. The molecule has 1 atom stereocenters. The maximum Gasteiger partial charge on any atom is 0.257 e. The van der Waals surface area contributed by atoms with Crippen LogP contribution in [0.5, 0.6) is 0 Å². The summed E-state index contributed by atoms with van der Waals surface area (Å²) in [7, 11) is 0. The van der Waals surface area contributed by atoms with Gasteiger partial charge < -0.3 is 10.6 Å². The van der Waals surface area contributed by atoms with Gasteiger partial charge in [0.1, 0.15) is 29.1 Å². The van der Waals surface area contributed by atoms with Gasteiger partial charge in [-0.3, -0.25) is 9.59 Å². The molecule has 0 bridgehead atoms. The monoisotopic (exact) mass is 384 g/mol. The third-order valence-corrected chi connectivity index (χ3v) is 3.85. The van der Waals surface area contributed by atoms with E-state index in [4.69, 9.17) is 11.6 Å². The Bertz CT molecular complexity index is 823. The summed E-state index contributed by atoms with van der Waals surface area (Å²) in [4.78, 5) is 24.6. The first kappa shape index (κ1) is 19.8. The van der Waals surface area contributed by atoms with Crippen molar-refractivity contribution in [3.8, 4) is 0 Å². The first-order chi connectivity index (χ1) is 12.2. The molecule has 0 aliphatic rings. The van der Waals surface area contributed by atoms with Crippen LogP contribution in [0.15, 0.2) is 36.4 Å². The van der Waals surface area contributed by atoms with E-state index in [9.17, 15) is 22.8 Å². The van der Waals surface area contributed by atoms with Gasteiger partial charge in [-0.05, 0) is 36.2 Å². The molecule has 2 rings (SSSR count). The van der Waals surface area contributed by atoms with E-state index in [1.54, 1.807) is 13.8 Å². The lowest BCUT2D eigenvalue weighted by Gasteiger charge is -2.22. The second-order valence-electron chi connectivity index (χ2n) is 5.91. The summed E-state index contributed by atoms with van der Waals surface area (Å²) in [5.74, 6) is -5.08. The molecule has 0 radical (unpaired) electrons. The molecule has 0 heterocycles. The summed E-state index contributed by atoms with van der Waals surface area (Å²) < 4.78 is 41.3. The molecule has 138 valence electrons. The van der Waals surface area contributed by atoms with E-state index in [-0.39, 0.29) is 10.7 Å². The molecule has 2 aromatic rings. The molecule has 0 spiro atoms. The smallest absolute Gasteiger partial charge is 0.257 e. The zero-order valence-corrected chi connectivity index (χ0v) is 14.7. The minimum absolute atomic E-state index is 0.128. The Morgan fingerprint density at radius 1 is 1.00 bits per heavy atom. The highest BCUT2D eigenvalue weighted by Gasteiger charge is 2.27. The fourth-order valence-corrected chi connectivity index (χ4v) is 2.42. The molecular formula is C18H16ClF3N2O2. The van der Waals surface area contributed by atoms with Gasteiger partial charge in [-0.25, -0.2) is 13.2 Å². The predicted molar refractivity (Wildman–Crippen MR) is 92.5 cm³/mol. The first-order valence-electron chi connectivity index (χ1n) is 7.71. The molecular weight excluding hydrogens is 369 g/mol. The highest BCUT2D eigenvalue weighted by atomic mass is 35.5. The Hall–Kier alpha value is -2.54. The van der Waals surface area contributed by atoms with Crippen LogP contribution in [0.25, 0.3) is 0 Å². The van der Waals surface area contributed by atoms with Crippen LogP contribution in [-0.4, -0.2) is 17.9 Å². The second-order valence-corrected chi connectivity index (χ2v) is 6.34. The maximum absolute atomic E-state index is 13.8. The fourth-order valence-electron chi connectivity index (χ4n) is 2.26. The number of anilines is 1. The molecule has 8 heteroatoms. The lowest BCUT2D eigenvalue weighted by Crippen LogP contribution is -2.47. The number of nitrogens with one attached hydrogen (secondary N) is 2. The van der Waals surface area contributed by atoms with Crippen molar-refractivity contribution in [2.75, 3.05) is 5.32 Å². The normalized spacial score (nSPS) is 12.0. The number of rotatable bonds is 5. The van der Waals surface area contributed by atoms with E-state index < -0.39 is 46.8 Å². The van der Waals surface area contributed by atoms with Crippen LogP contribution in [0.3, 0.4) is 0 Å². The van der Waals surface area contributed by atoms with Crippen molar-refractivity contribution in [2.24, 2.45) is 5.92 Å². The van der Waals surface area contributed by atoms with Gasteiger partial charge in [-0.2, -0.15) is 0 Å². The van der Waals surface area contributed by atoms with Crippen LogP contribution in [-0.2, 0) is 4.79 Å². The average Bonchev–Trinajstić information content (AvgIpc) is 2.54. The Kier molecular flexibility index (Phi) is 6.26. The number of amides is 2. The quantitative estimate of drug-likeness (QED) is 0.813. The number of halogens is 4. The molecule has 0 aromatic heterocycles. The van der Waals surface area contributed by atoms with Crippen LogP contribution >= 0.6 is 11.6 Å². The molecule has 0 saturated carbocycles. The second kappa shape index (κ2) is 8.23. The SMILES string of the molecule is CC(C)C(NC(=O)c1c(F)cccc1F)C(=O)Nc1ccc(Cl)cc1F. The fraction of sp³-hybridized carbons (Fsp3) is 0.222. The molecule has 2 aromatic carbocycles. The van der Waals surface area contributed by atoms with Gasteiger partial charge in [0.15, 0.2) is 0 Å². The minimum atomic E-state index is -1.14. The minimum Gasteiger partial charge on any atom is -0.340 e. The van der Waals surface area contributed by atoms with Crippen molar-refractivity contribution in [1.29, 1.82) is 0 Å². The average molecular weight is 385 g/mol. The van der Waals surface area contributed by atoms with E-state index in [1.807, 2.05) is 0 Å². The van der Waals surface area contributed by atoms with E-state index >= 15 is 0 Å². The summed E-state index contributed by atoms with van der Waals surface area (Å²) in [5, 5.41) is 4.77. The van der Waals surface area contributed by atoms with Crippen LogP contribution < -0.4 is 10.6 Å². The van der Waals surface area contributed by atoms with Gasteiger partial charge in [0.25, 0.3) is 5.91 Å². The third-order valence-electron chi connectivity index (χ3n) is 3.61. The first-order valence-corrected chi connectivity index (χ1v) is 8.09. The van der Waals surface area contributed by atoms with Crippen molar-refractivity contribution in [2.45, 2.75) is 19.9 Å². The highest BCUT2D eigenvalue weighted by molar-refractivity contribution is 6.30. The Balaban J connectivity index is 2.20. The van der Waals surface area contributed by atoms with Gasteiger partial charge >= 0.3 is 0 Å². The molecule has 0 aliphatic carbocycles. The summed E-state index contributed by atoms with van der Waals surface area (Å²) >= 11 is 5.65. The van der Waals surface area contributed by atoms with Crippen LogP contribution in [0, 0.1) is 23.4 Å². The van der Waals surface area contributed by atoms with Crippen molar-refractivity contribution in [3.63, 3.8) is 0 Å². The molecule has 0 saturated heterocycles. The van der Waals surface area contributed by atoms with E-state index in [0.717, 1.165) is 24.3 Å². The lowest BCUT2D eigenvalue weighted by atomic mass is 10.0. The zero-order valence-electron chi connectivity index (χ0n) is 13.9. The van der Waals surface area contributed by atoms with Gasteiger partial charge in [0.2, 0.25) is 5.91 Å². The van der Waals surface area contributed by atoms with Crippen molar-refractivity contribution in [3.05, 3.63) is 64.4 Å². The summed E-state index contributed by atoms with van der Waals surface area (Å²) in [6.07, 6.45) is 0. The summed E-state index contributed by atoms with van der Waals surface area (Å²) in [6.45, 7) is 3.25. The Morgan fingerprint density at radius 2 is 1.62 bits per heavy atom. The van der Waals surface area contributed by atoms with Gasteiger partial charge in [-0.15, -0.1) is 0 Å². The zero-order chi connectivity index (χ0) is 19.4. The Labute approximate surface area is 153 Å². The van der Waals surface area contributed by atoms with Gasteiger partial charge in [-0.1, -0.05) is 31.5 Å². The molecule has 0 aliphatic heterocycles. The highest BCUT2D eigenvalue weighted by Crippen LogP contribution is 2.20. The molecule has 2 amide bonds. The van der Waals surface area contributed by atoms with E-state index in [2.05, 4.69) is 10.6 Å². The summed E-state index contributed by atoms with van der Waals surface area (Å²) in [5.41, 5.74) is -0.917. The van der Waals surface area contributed by atoms with Crippen LogP contribution in [0.2, 0.25) is 5.02 Å². The number of carbonyl (C=O) groups is 2. The third kappa shape index (κ3) is 4.54. The molecule has 0 fully saturated rings. The maximum atomic E-state index is 13.8. The van der Waals surface area contributed by atoms with E-state index in [1.165, 1.54) is 12.1 Å². The molecule has 2 N–H and O–H groups in total. The van der Waals surface area contributed by atoms with Gasteiger partial charge in [0.05, 0.1) is 5.69 Å². The standard InChI is InChI=1S/C18H16ClF3N2O2/c1-9(2)16(18(26)23-14-7-6-10(19)8-13(14)22)24-17(25)15-11(20)4-3-5-12(15)21/h3-9,16H,1-2H3,(H,23,26)(H,24,25). The van der Waals surface area contributed by atoms with Crippen LogP contribution in [0.1, 0.15) is 24.2 Å². The molecule has 1 unspecified atom stereocenters. The Morgan fingerprint density at radius 3 is 2.15 bits per heavy atom. The largest absolute Gasteiger partial charge is 0.340 e. The van der Waals surface area contributed by atoms with E-state index in [0.29, 0.717) is 0 Å². The van der Waals surface area contributed by atoms with Crippen molar-refractivity contribution >= 4 is 29.1 Å². The topological polar surface area (TPSA) is 58.2 Å². The number of carbonyl (C=O) groups excluding carboxylic acids is 2.